The van der Waals surface area contributed by atoms with Crippen molar-refractivity contribution in [3.63, 3.8) is 0 Å². The van der Waals surface area contributed by atoms with E-state index in [-0.39, 0.29) is 17.1 Å². The number of pyridine rings is 1. The Morgan fingerprint density at radius 3 is 2.58 bits per heavy atom. The lowest BCUT2D eigenvalue weighted by Gasteiger charge is -2.22. The van der Waals surface area contributed by atoms with Crippen LogP contribution in [-0.2, 0) is 0 Å². The van der Waals surface area contributed by atoms with Gasteiger partial charge in [-0.2, -0.15) is 10.2 Å². The SMILES string of the molecule is C[C@H](Nc1nc(N)ncc1C#N)c1cc2cccc(-c3cccc(Cl)c3)c2c(=O)n1-c1ccccc1. The van der Waals surface area contributed by atoms with Crippen LogP contribution in [0.2, 0.25) is 5.02 Å². The quantitative estimate of drug-likeness (QED) is 0.324. The fourth-order valence-corrected chi connectivity index (χ4v) is 4.50. The topological polar surface area (TPSA) is 110 Å². The predicted molar refractivity (Wildman–Crippen MR) is 143 cm³/mol. The van der Waals surface area contributed by atoms with Crippen molar-refractivity contribution in [2.24, 2.45) is 0 Å². The summed E-state index contributed by atoms with van der Waals surface area (Å²) < 4.78 is 1.69. The molecule has 0 bridgehead atoms. The molecule has 8 heteroatoms. The monoisotopic (exact) mass is 492 g/mol. The number of rotatable bonds is 5. The Balaban J connectivity index is 1.75. The predicted octanol–water partition coefficient (Wildman–Crippen LogP) is 5.73. The molecule has 0 spiro atoms. The first kappa shape index (κ1) is 23.1. The molecular weight excluding hydrogens is 472 g/mol. The number of aromatic nitrogens is 3. The van der Waals surface area contributed by atoms with Crippen molar-refractivity contribution in [3.05, 3.63) is 112 Å². The van der Waals surface area contributed by atoms with E-state index in [1.54, 1.807) is 10.6 Å². The smallest absolute Gasteiger partial charge is 0.263 e. The average Bonchev–Trinajstić information content (AvgIpc) is 2.89. The summed E-state index contributed by atoms with van der Waals surface area (Å²) in [4.78, 5) is 22.3. The standard InChI is InChI=1S/C28H21ClN6O/c1-17(33-26-20(15-30)16-32-28(31)34-26)24-14-19-8-6-12-23(18-7-5-9-21(29)13-18)25(19)27(36)35(24)22-10-3-2-4-11-22/h2-14,16-17H,1H3,(H3,31,32,33,34)/t17-/m0/s1. The van der Waals surface area contributed by atoms with Crippen LogP contribution < -0.4 is 16.6 Å². The fourth-order valence-electron chi connectivity index (χ4n) is 4.31. The molecule has 3 N–H and O–H groups in total. The summed E-state index contributed by atoms with van der Waals surface area (Å²) in [5, 5.41) is 14.7. The van der Waals surface area contributed by atoms with Crippen LogP contribution >= 0.6 is 11.6 Å². The Labute approximate surface area is 212 Å². The van der Waals surface area contributed by atoms with Gasteiger partial charge in [-0.25, -0.2) is 4.98 Å². The highest BCUT2D eigenvalue weighted by Crippen LogP contribution is 2.31. The normalized spacial score (nSPS) is 11.7. The molecule has 5 aromatic rings. The van der Waals surface area contributed by atoms with Gasteiger partial charge in [0.1, 0.15) is 17.5 Å². The van der Waals surface area contributed by atoms with Gasteiger partial charge in [-0.1, -0.05) is 60.1 Å². The Kier molecular flexibility index (Phi) is 6.11. The number of benzene rings is 3. The lowest BCUT2D eigenvalue weighted by molar-refractivity contribution is 0.772. The van der Waals surface area contributed by atoms with Crippen molar-refractivity contribution >= 4 is 34.1 Å². The fraction of sp³-hybridized carbons (Fsp3) is 0.0714. The van der Waals surface area contributed by atoms with E-state index < -0.39 is 6.04 Å². The molecule has 3 aromatic carbocycles. The van der Waals surface area contributed by atoms with Gasteiger partial charge in [0.05, 0.1) is 17.6 Å². The minimum atomic E-state index is -0.404. The number of nitrogens with two attached hydrogens (primary N) is 1. The second-order valence-corrected chi connectivity index (χ2v) is 8.73. The molecule has 7 nitrogen and oxygen atoms in total. The molecule has 0 unspecified atom stereocenters. The number of nitrogens with one attached hydrogen (secondary N) is 1. The van der Waals surface area contributed by atoms with E-state index >= 15 is 0 Å². The molecule has 1 atom stereocenters. The molecule has 2 aromatic heterocycles. The van der Waals surface area contributed by atoms with Crippen LogP contribution in [0.4, 0.5) is 11.8 Å². The Bertz CT molecular complexity index is 1690. The van der Waals surface area contributed by atoms with E-state index in [0.29, 0.717) is 21.9 Å². The van der Waals surface area contributed by atoms with Crippen LogP contribution in [0.3, 0.4) is 0 Å². The maximum Gasteiger partial charge on any atom is 0.263 e. The van der Waals surface area contributed by atoms with Crippen LogP contribution in [0.1, 0.15) is 24.2 Å². The molecule has 0 saturated heterocycles. The maximum absolute atomic E-state index is 14.2. The summed E-state index contributed by atoms with van der Waals surface area (Å²) in [7, 11) is 0. The van der Waals surface area contributed by atoms with Gasteiger partial charge < -0.3 is 11.1 Å². The average molecular weight is 493 g/mol. The summed E-state index contributed by atoms with van der Waals surface area (Å²) >= 11 is 6.26. The molecule has 2 heterocycles. The number of para-hydroxylation sites is 1. The van der Waals surface area contributed by atoms with E-state index in [1.165, 1.54) is 6.20 Å². The second-order valence-electron chi connectivity index (χ2n) is 8.29. The summed E-state index contributed by atoms with van der Waals surface area (Å²) in [6.07, 6.45) is 1.37. The van der Waals surface area contributed by atoms with Crippen molar-refractivity contribution in [1.29, 1.82) is 5.26 Å². The van der Waals surface area contributed by atoms with Crippen LogP contribution in [0.5, 0.6) is 0 Å². The van der Waals surface area contributed by atoms with Gasteiger partial charge >= 0.3 is 0 Å². The minimum absolute atomic E-state index is 0.0498. The lowest BCUT2D eigenvalue weighted by atomic mass is 9.98. The zero-order chi connectivity index (χ0) is 25.2. The third kappa shape index (κ3) is 4.26. The Hall–Kier alpha value is -4.67. The van der Waals surface area contributed by atoms with E-state index in [9.17, 15) is 10.1 Å². The van der Waals surface area contributed by atoms with Gasteiger partial charge in [-0.05, 0) is 53.8 Å². The number of hydrogen-bond acceptors (Lipinski definition) is 6. The zero-order valence-electron chi connectivity index (χ0n) is 19.3. The molecule has 0 aliphatic heterocycles. The first-order valence-corrected chi connectivity index (χ1v) is 11.6. The summed E-state index contributed by atoms with van der Waals surface area (Å²) in [5.74, 6) is 0.353. The summed E-state index contributed by atoms with van der Waals surface area (Å²) in [6, 6.07) is 26.3. The van der Waals surface area contributed by atoms with Crippen LogP contribution in [-0.4, -0.2) is 14.5 Å². The first-order chi connectivity index (χ1) is 17.5. The molecule has 0 amide bonds. The number of anilines is 2. The van der Waals surface area contributed by atoms with Crippen molar-refractivity contribution < 1.29 is 0 Å². The highest BCUT2D eigenvalue weighted by molar-refractivity contribution is 6.30. The van der Waals surface area contributed by atoms with Crippen LogP contribution in [0.25, 0.3) is 27.6 Å². The van der Waals surface area contributed by atoms with Gasteiger partial charge in [0.15, 0.2) is 0 Å². The van der Waals surface area contributed by atoms with Crippen LogP contribution in [0, 0.1) is 11.3 Å². The molecule has 176 valence electrons. The minimum Gasteiger partial charge on any atom is -0.368 e. The van der Waals surface area contributed by atoms with Crippen molar-refractivity contribution in [2.45, 2.75) is 13.0 Å². The number of fused-ring (bicyclic) bond motifs is 1. The molecule has 36 heavy (non-hydrogen) atoms. The first-order valence-electron chi connectivity index (χ1n) is 11.3. The molecular formula is C28H21ClN6O. The zero-order valence-corrected chi connectivity index (χ0v) is 20.1. The van der Waals surface area contributed by atoms with E-state index in [4.69, 9.17) is 17.3 Å². The maximum atomic E-state index is 14.2. The Morgan fingerprint density at radius 2 is 1.83 bits per heavy atom. The largest absolute Gasteiger partial charge is 0.368 e. The lowest BCUT2D eigenvalue weighted by Crippen LogP contribution is -2.26. The second kappa shape index (κ2) is 9.53. The summed E-state index contributed by atoms with van der Waals surface area (Å²) in [5.41, 5.74) is 8.93. The number of nitriles is 1. The Morgan fingerprint density at radius 1 is 1.06 bits per heavy atom. The summed E-state index contributed by atoms with van der Waals surface area (Å²) in [6.45, 7) is 1.90. The van der Waals surface area contributed by atoms with Gasteiger partial charge in [0.25, 0.3) is 5.56 Å². The van der Waals surface area contributed by atoms with E-state index in [0.717, 1.165) is 22.2 Å². The van der Waals surface area contributed by atoms with Gasteiger partial charge in [0.2, 0.25) is 5.95 Å². The van der Waals surface area contributed by atoms with E-state index in [1.807, 2.05) is 79.7 Å². The number of nitrogen functional groups attached to an aromatic ring is 1. The molecule has 0 radical (unpaired) electrons. The molecule has 0 fully saturated rings. The van der Waals surface area contributed by atoms with Crippen molar-refractivity contribution in [1.82, 2.24) is 14.5 Å². The van der Waals surface area contributed by atoms with Gasteiger partial charge in [-0.15, -0.1) is 0 Å². The van der Waals surface area contributed by atoms with Gasteiger partial charge in [0, 0.05) is 16.4 Å². The van der Waals surface area contributed by atoms with Crippen molar-refractivity contribution in [2.75, 3.05) is 11.1 Å². The molecule has 0 aliphatic rings. The number of nitrogens with zero attached hydrogens (tertiary/aromatic N) is 4. The van der Waals surface area contributed by atoms with Crippen molar-refractivity contribution in [3.8, 4) is 22.9 Å². The highest BCUT2D eigenvalue weighted by atomic mass is 35.5. The molecule has 5 rings (SSSR count). The highest BCUT2D eigenvalue weighted by Gasteiger charge is 2.20. The van der Waals surface area contributed by atoms with E-state index in [2.05, 4.69) is 21.4 Å². The third-order valence-corrected chi connectivity index (χ3v) is 6.19. The third-order valence-electron chi connectivity index (χ3n) is 5.95. The van der Waals surface area contributed by atoms with Crippen LogP contribution in [0.15, 0.2) is 89.9 Å². The van der Waals surface area contributed by atoms with Gasteiger partial charge in [-0.3, -0.25) is 9.36 Å². The number of halogens is 1. The molecule has 0 saturated carbocycles. The molecule has 0 aliphatic carbocycles. The number of hydrogen-bond donors (Lipinski definition) is 2.